The SMILES string of the molecule is CCC(Br)C(=O)N(CC)Cc1cccc(Cl)c1. The van der Waals surface area contributed by atoms with E-state index in [1.165, 1.54) is 0 Å². The summed E-state index contributed by atoms with van der Waals surface area (Å²) in [5.41, 5.74) is 1.06. The predicted octanol–water partition coefficient (Wildman–Crippen LogP) is 3.86. The van der Waals surface area contributed by atoms with Crippen LogP contribution in [0.5, 0.6) is 0 Å². The molecule has 0 radical (unpaired) electrons. The Morgan fingerprint density at radius 1 is 1.47 bits per heavy atom. The number of hydrogen-bond donors (Lipinski definition) is 0. The van der Waals surface area contributed by atoms with E-state index in [1.807, 2.05) is 43.0 Å². The van der Waals surface area contributed by atoms with Crippen LogP contribution < -0.4 is 0 Å². The number of carbonyl (C=O) groups excluding carboxylic acids is 1. The van der Waals surface area contributed by atoms with E-state index in [-0.39, 0.29) is 10.7 Å². The van der Waals surface area contributed by atoms with Crippen molar-refractivity contribution in [3.05, 3.63) is 34.9 Å². The van der Waals surface area contributed by atoms with Gasteiger partial charge in [0.2, 0.25) is 5.91 Å². The van der Waals surface area contributed by atoms with Crippen LogP contribution in [0.25, 0.3) is 0 Å². The number of nitrogens with zero attached hydrogens (tertiary/aromatic N) is 1. The number of alkyl halides is 1. The molecule has 1 aromatic carbocycles. The normalized spacial score (nSPS) is 12.2. The Morgan fingerprint density at radius 2 is 2.18 bits per heavy atom. The molecular formula is C13H17BrClNO. The lowest BCUT2D eigenvalue weighted by molar-refractivity contribution is -0.130. The maximum atomic E-state index is 12.0. The molecule has 1 unspecified atom stereocenters. The Kier molecular flexibility index (Phi) is 6.00. The third kappa shape index (κ3) is 4.32. The zero-order chi connectivity index (χ0) is 12.8. The first-order valence-corrected chi connectivity index (χ1v) is 7.05. The molecule has 17 heavy (non-hydrogen) atoms. The van der Waals surface area contributed by atoms with Gasteiger partial charge in [-0.2, -0.15) is 0 Å². The average Bonchev–Trinajstić information content (AvgIpc) is 2.34. The summed E-state index contributed by atoms with van der Waals surface area (Å²) >= 11 is 9.32. The highest BCUT2D eigenvalue weighted by molar-refractivity contribution is 9.10. The van der Waals surface area contributed by atoms with E-state index in [2.05, 4.69) is 15.9 Å². The van der Waals surface area contributed by atoms with Crippen molar-refractivity contribution in [3.8, 4) is 0 Å². The zero-order valence-corrected chi connectivity index (χ0v) is 12.5. The van der Waals surface area contributed by atoms with Gasteiger partial charge in [0.1, 0.15) is 0 Å². The van der Waals surface area contributed by atoms with E-state index >= 15 is 0 Å². The topological polar surface area (TPSA) is 20.3 Å². The van der Waals surface area contributed by atoms with Gasteiger partial charge in [0.05, 0.1) is 4.83 Å². The number of carbonyl (C=O) groups is 1. The van der Waals surface area contributed by atoms with Crippen molar-refractivity contribution in [2.75, 3.05) is 6.54 Å². The van der Waals surface area contributed by atoms with Gasteiger partial charge >= 0.3 is 0 Å². The molecule has 0 aliphatic heterocycles. The number of rotatable bonds is 5. The Bertz CT molecular complexity index is 383. The van der Waals surface area contributed by atoms with E-state index in [1.54, 1.807) is 0 Å². The maximum absolute atomic E-state index is 12.0. The van der Waals surface area contributed by atoms with Crippen LogP contribution in [0.15, 0.2) is 24.3 Å². The molecule has 0 aromatic heterocycles. The van der Waals surface area contributed by atoms with Crippen LogP contribution in [0.1, 0.15) is 25.8 Å². The Balaban J connectivity index is 2.73. The summed E-state index contributed by atoms with van der Waals surface area (Å²) in [6, 6.07) is 7.62. The van der Waals surface area contributed by atoms with E-state index in [0.29, 0.717) is 18.1 Å². The van der Waals surface area contributed by atoms with Crippen LogP contribution in [0.3, 0.4) is 0 Å². The first kappa shape index (κ1) is 14.5. The molecule has 0 N–H and O–H groups in total. The Hall–Kier alpha value is -0.540. The van der Waals surface area contributed by atoms with E-state index in [4.69, 9.17) is 11.6 Å². The first-order chi connectivity index (χ1) is 8.08. The number of benzene rings is 1. The highest BCUT2D eigenvalue weighted by Crippen LogP contribution is 2.15. The lowest BCUT2D eigenvalue weighted by Gasteiger charge is -2.23. The smallest absolute Gasteiger partial charge is 0.236 e. The van der Waals surface area contributed by atoms with Crippen molar-refractivity contribution in [1.82, 2.24) is 4.90 Å². The largest absolute Gasteiger partial charge is 0.338 e. The predicted molar refractivity (Wildman–Crippen MR) is 75.5 cm³/mol. The second kappa shape index (κ2) is 7.02. The van der Waals surface area contributed by atoms with Crippen molar-refractivity contribution in [2.45, 2.75) is 31.6 Å². The van der Waals surface area contributed by atoms with Gasteiger partial charge in [-0.1, -0.05) is 46.6 Å². The molecule has 0 saturated carbocycles. The minimum absolute atomic E-state index is 0.0957. The monoisotopic (exact) mass is 317 g/mol. The summed E-state index contributed by atoms with van der Waals surface area (Å²) < 4.78 is 0. The highest BCUT2D eigenvalue weighted by atomic mass is 79.9. The van der Waals surface area contributed by atoms with Crippen molar-refractivity contribution >= 4 is 33.4 Å². The molecule has 0 aliphatic carbocycles. The molecule has 2 nitrogen and oxygen atoms in total. The minimum atomic E-state index is -0.0957. The van der Waals surface area contributed by atoms with Gasteiger partial charge in [0.25, 0.3) is 0 Å². The molecule has 1 atom stereocenters. The second-order valence-electron chi connectivity index (χ2n) is 3.86. The molecule has 1 rings (SSSR count). The van der Waals surface area contributed by atoms with Crippen LogP contribution in [-0.4, -0.2) is 22.2 Å². The number of amides is 1. The van der Waals surface area contributed by atoms with Crippen molar-refractivity contribution in [2.24, 2.45) is 0 Å². The van der Waals surface area contributed by atoms with Crippen molar-refractivity contribution in [3.63, 3.8) is 0 Å². The van der Waals surface area contributed by atoms with Crippen molar-refractivity contribution in [1.29, 1.82) is 0 Å². The fraction of sp³-hybridized carbons (Fsp3) is 0.462. The molecule has 0 heterocycles. The number of halogens is 2. The zero-order valence-electron chi connectivity index (χ0n) is 10.1. The fourth-order valence-corrected chi connectivity index (χ4v) is 2.08. The summed E-state index contributed by atoms with van der Waals surface area (Å²) in [4.78, 5) is 13.8. The van der Waals surface area contributed by atoms with Gasteiger partial charge < -0.3 is 4.90 Å². The molecule has 0 spiro atoms. The fourth-order valence-electron chi connectivity index (χ4n) is 1.57. The number of hydrogen-bond acceptors (Lipinski definition) is 1. The highest BCUT2D eigenvalue weighted by Gasteiger charge is 2.19. The van der Waals surface area contributed by atoms with Gasteiger partial charge in [-0.25, -0.2) is 0 Å². The Labute approximate surface area is 116 Å². The first-order valence-electron chi connectivity index (χ1n) is 5.75. The molecule has 0 fully saturated rings. The van der Waals surface area contributed by atoms with Crippen molar-refractivity contribution < 1.29 is 4.79 Å². The van der Waals surface area contributed by atoms with Gasteiger partial charge in [0.15, 0.2) is 0 Å². The maximum Gasteiger partial charge on any atom is 0.236 e. The molecule has 4 heteroatoms. The molecule has 0 saturated heterocycles. The van der Waals surface area contributed by atoms with Gasteiger partial charge in [-0.3, -0.25) is 4.79 Å². The van der Waals surface area contributed by atoms with Crippen LogP contribution in [0.2, 0.25) is 5.02 Å². The second-order valence-corrected chi connectivity index (χ2v) is 5.40. The van der Waals surface area contributed by atoms with Crippen LogP contribution in [0.4, 0.5) is 0 Å². The van der Waals surface area contributed by atoms with Crippen LogP contribution >= 0.6 is 27.5 Å². The summed E-state index contributed by atoms with van der Waals surface area (Å²) in [5.74, 6) is 0.134. The summed E-state index contributed by atoms with van der Waals surface area (Å²) in [6.45, 7) is 5.29. The molecule has 1 aromatic rings. The third-order valence-corrected chi connectivity index (χ3v) is 3.86. The minimum Gasteiger partial charge on any atom is -0.338 e. The quantitative estimate of drug-likeness (QED) is 0.755. The molecule has 0 aliphatic rings. The summed E-state index contributed by atoms with van der Waals surface area (Å²) in [7, 11) is 0. The van der Waals surface area contributed by atoms with E-state index < -0.39 is 0 Å². The van der Waals surface area contributed by atoms with Gasteiger partial charge in [-0.05, 0) is 31.0 Å². The third-order valence-electron chi connectivity index (χ3n) is 2.58. The molecule has 1 amide bonds. The summed E-state index contributed by atoms with van der Waals surface area (Å²) in [6.07, 6.45) is 0.797. The van der Waals surface area contributed by atoms with Crippen LogP contribution in [-0.2, 0) is 11.3 Å². The molecule has 94 valence electrons. The lowest BCUT2D eigenvalue weighted by atomic mass is 10.2. The average molecular weight is 319 g/mol. The van der Waals surface area contributed by atoms with E-state index in [0.717, 1.165) is 12.0 Å². The van der Waals surface area contributed by atoms with Gasteiger partial charge in [0, 0.05) is 18.1 Å². The van der Waals surface area contributed by atoms with E-state index in [9.17, 15) is 4.79 Å². The van der Waals surface area contributed by atoms with Crippen LogP contribution in [0, 0.1) is 0 Å². The standard InChI is InChI=1S/C13H17BrClNO/c1-3-12(14)13(17)16(4-2)9-10-6-5-7-11(15)8-10/h5-8,12H,3-4,9H2,1-2H3. The molecular weight excluding hydrogens is 302 g/mol. The summed E-state index contributed by atoms with van der Waals surface area (Å²) in [5, 5.41) is 0.705. The Morgan fingerprint density at radius 3 is 2.71 bits per heavy atom. The van der Waals surface area contributed by atoms with Gasteiger partial charge in [-0.15, -0.1) is 0 Å². The molecule has 0 bridgehead atoms. The lowest BCUT2D eigenvalue weighted by Crippen LogP contribution is -2.35.